The van der Waals surface area contributed by atoms with Crippen molar-refractivity contribution in [1.29, 1.82) is 0 Å². The summed E-state index contributed by atoms with van der Waals surface area (Å²) in [5.41, 5.74) is 0.811. The van der Waals surface area contributed by atoms with Crippen LogP contribution in [0.25, 0.3) is 0 Å². The van der Waals surface area contributed by atoms with Crippen molar-refractivity contribution in [3.63, 3.8) is 0 Å². The molecular weight excluding hydrogens is 313 g/mol. The van der Waals surface area contributed by atoms with Gasteiger partial charge in [0.15, 0.2) is 5.11 Å². The number of nitrogens with one attached hydrogen (secondary N) is 3. The van der Waals surface area contributed by atoms with Crippen LogP contribution in [-0.2, 0) is 0 Å². The second-order valence-electron chi connectivity index (χ2n) is 5.09. The van der Waals surface area contributed by atoms with Gasteiger partial charge in [0.05, 0.1) is 19.6 Å². The van der Waals surface area contributed by atoms with E-state index >= 15 is 0 Å². The zero-order valence-electron chi connectivity index (χ0n) is 11.5. The Morgan fingerprint density at radius 2 is 2.05 bits per heavy atom. The SMILES string of the molecule is CC[NH+]1CCC[C@@H]1CNC(=S)Nc1cc(Cl)cc(Cl)c1. The van der Waals surface area contributed by atoms with Crippen LogP contribution in [0.3, 0.4) is 0 Å². The van der Waals surface area contributed by atoms with Crippen LogP contribution in [0.2, 0.25) is 10.0 Å². The Balaban J connectivity index is 1.83. The Kier molecular flexibility index (Phi) is 5.90. The Hall–Kier alpha value is -0.550. The summed E-state index contributed by atoms with van der Waals surface area (Å²) in [6.45, 7) is 5.59. The first kappa shape index (κ1) is 15.8. The van der Waals surface area contributed by atoms with E-state index in [4.69, 9.17) is 35.4 Å². The number of anilines is 1. The first-order chi connectivity index (χ1) is 9.58. The van der Waals surface area contributed by atoms with Gasteiger partial charge >= 0.3 is 0 Å². The maximum absolute atomic E-state index is 5.96. The van der Waals surface area contributed by atoms with Crippen LogP contribution in [0.5, 0.6) is 0 Å². The summed E-state index contributed by atoms with van der Waals surface area (Å²) >= 11 is 17.2. The Morgan fingerprint density at radius 1 is 1.35 bits per heavy atom. The van der Waals surface area contributed by atoms with Crippen LogP contribution in [0.1, 0.15) is 19.8 Å². The summed E-state index contributed by atoms with van der Waals surface area (Å²) in [4.78, 5) is 1.66. The minimum absolute atomic E-state index is 0.597. The van der Waals surface area contributed by atoms with Gasteiger partial charge in [-0.1, -0.05) is 23.2 Å². The fraction of sp³-hybridized carbons (Fsp3) is 0.500. The molecule has 20 heavy (non-hydrogen) atoms. The summed E-state index contributed by atoms with van der Waals surface area (Å²) in [6.07, 6.45) is 2.57. The lowest BCUT2D eigenvalue weighted by molar-refractivity contribution is -0.909. The van der Waals surface area contributed by atoms with E-state index in [9.17, 15) is 0 Å². The maximum atomic E-state index is 5.96. The number of quaternary nitrogens is 1. The van der Waals surface area contributed by atoms with E-state index in [1.165, 1.54) is 25.9 Å². The fourth-order valence-corrected chi connectivity index (χ4v) is 3.44. The zero-order valence-corrected chi connectivity index (χ0v) is 13.8. The normalized spacial score (nSPS) is 21.8. The molecule has 3 N–H and O–H groups in total. The number of hydrogen-bond donors (Lipinski definition) is 3. The predicted octanol–water partition coefficient (Wildman–Crippen LogP) is 2.35. The molecule has 3 nitrogen and oxygen atoms in total. The van der Waals surface area contributed by atoms with Gasteiger partial charge in [0, 0.05) is 28.6 Å². The molecule has 0 spiro atoms. The second kappa shape index (κ2) is 7.46. The molecule has 0 aromatic heterocycles. The Bertz CT molecular complexity index is 461. The zero-order chi connectivity index (χ0) is 14.5. The molecular formula is C14H20Cl2N3S+. The van der Waals surface area contributed by atoms with Gasteiger partial charge in [0.25, 0.3) is 0 Å². The van der Waals surface area contributed by atoms with Crippen LogP contribution in [-0.4, -0.2) is 30.8 Å². The number of benzene rings is 1. The topological polar surface area (TPSA) is 28.5 Å². The van der Waals surface area contributed by atoms with E-state index < -0.39 is 0 Å². The smallest absolute Gasteiger partial charge is 0.170 e. The molecule has 1 aromatic rings. The highest BCUT2D eigenvalue weighted by molar-refractivity contribution is 7.80. The fourth-order valence-electron chi connectivity index (χ4n) is 2.71. The summed E-state index contributed by atoms with van der Waals surface area (Å²) in [5, 5.41) is 8.22. The molecule has 0 saturated carbocycles. The third-order valence-electron chi connectivity index (χ3n) is 3.71. The Morgan fingerprint density at radius 3 is 2.70 bits per heavy atom. The third kappa shape index (κ3) is 4.48. The first-order valence-corrected chi connectivity index (χ1v) is 8.10. The molecule has 1 fully saturated rings. The molecule has 110 valence electrons. The lowest BCUT2D eigenvalue weighted by Gasteiger charge is -2.21. The van der Waals surface area contributed by atoms with Gasteiger partial charge in [-0.25, -0.2) is 0 Å². The lowest BCUT2D eigenvalue weighted by atomic mass is 10.2. The number of hydrogen-bond acceptors (Lipinski definition) is 1. The highest BCUT2D eigenvalue weighted by Crippen LogP contribution is 2.22. The number of thiocarbonyl (C=S) groups is 1. The molecule has 1 aromatic carbocycles. The van der Waals surface area contributed by atoms with E-state index in [1.807, 2.05) is 0 Å². The van der Waals surface area contributed by atoms with Gasteiger partial charge in [-0.15, -0.1) is 0 Å². The van der Waals surface area contributed by atoms with Crippen molar-refractivity contribution in [3.05, 3.63) is 28.2 Å². The van der Waals surface area contributed by atoms with E-state index in [2.05, 4.69) is 17.6 Å². The highest BCUT2D eigenvalue weighted by Gasteiger charge is 2.26. The van der Waals surface area contributed by atoms with Crippen molar-refractivity contribution in [1.82, 2.24) is 5.32 Å². The molecule has 2 rings (SSSR count). The summed E-state index contributed by atoms with van der Waals surface area (Å²) in [7, 11) is 0. The van der Waals surface area contributed by atoms with Crippen molar-refractivity contribution in [2.45, 2.75) is 25.8 Å². The molecule has 1 aliphatic rings. The van der Waals surface area contributed by atoms with Gasteiger partial charge in [-0.3, -0.25) is 0 Å². The lowest BCUT2D eigenvalue weighted by Crippen LogP contribution is -3.14. The standard InChI is InChI=1S/C14H19Cl2N3S/c1-2-19-5-3-4-13(19)9-17-14(20)18-12-7-10(15)6-11(16)8-12/h6-8,13H,2-5,9H2,1H3,(H2,17,18,20)/p+1/t13-/m1/s1. The average Bonchev–Trinajstić information content (AvgIpc) is 2.82. The van der Waals surface area contributed by atoms with Crippen LogP contribution < -0.4 is 15.5 Å². The van der Waals surface area contributed by atoms with Crippen LogP contribution >= 0.6 is 35.4 Å². The van der Waals surface area contributed by atoms with Crippen molar-refractivity contribution in [3.8, 4) is 0 Å². The monoisotopic (exact) mass is 332 g/mol. The van der Waals surface area contributed by atoms with Crippen LogP contribution in [0, 0.1) is 0 Å². The molecule has 0 radical (unpaired) electrons. The number of likely N-dealkylation sites (tertiary alicyclic amines) is 1. The number of rotatable bonds is 4. The Labute approximate surface area is 135 Å². The quantitative estimate of drug-likeness (QED) is 0.739. The van der Waals surface area contributed by atoms with Gasteiger partial charge in [-0.2, -0.15) is 0 Å². The van der Waals surface area contributed by atoms with E-state index in [0.717, 1.165) is 12.2 Å². The molecule has 0 aliphatic carbocycles. The second-order valence-corrected chi connectivity index (χ2v) is 6.38. The molecule has 2 atom stereocenters. The molecule has 6 heteroatoms. The molecule has 0 amide bonds. The van der Waals surface area contributed by atoms with Crippen molar-refractivity contribution < 1.29 is 4.90 Å². The average molecular weight is 333 g/mol. The van der Waals surface area contributed by atoms with Crippen molar-refractivity contribution in [2.75, 3.05) is 25.0 Å². The highest BCUT2D eigenvalue weighted by atomic mass is 35.5. The number of likely N-dealkylation sites (N-methyl/N-ethyl adjacent to an activating group) is 1. The van der Waals surface area contributed by atoms with E-state index in [1.54, 1.807) is 23.1 Å². The summed E-state index contributed by atoms with van der Waals surface area (Å²) in [5.74, 6) is 0. The maximum Gasteiger partial charge on any atom is 0.170 e. The van der Waals surface area contributed by atoms with Gasteiger partial charge in [-0.05, 0) is 37.3 Å². The van der Waals surface area contributed by atoms with Gasteiger partial charge < -0.3 is 15.5 Å². The van der Waals surface area contributed by atoms with Gasteiger partial charge in [0.2, 0.25) is 0 Å². The van der Waals surface area contributed by atoms with Crippen LogP contribution in [0.15, 0.2) is 18.2 Å². The minimum Gasteiger partial charge on any atom is -0.356 e. The van der Waals surface area contributed by atoms with E-state index in [-0.39, 0.29) is 0 Å². The van der Waals surface area contributed by atoms with Crippen LogP contribution in [0.4, 0.5) is 5.69 Å². The van der Waals surface area contributed by atoms with Gasteiger partial charge in [0.1, 0.15) is 6.04 Å². The molecule has 0 bridgehead atoms. The molecule has 1 aliphatic heterocycles. The van der Waals surface area contributed by atoms with Crippen molar-refractivity contribution in [2.24, 2.45) is 0 Å². The largest absolute Gasteiger partial charge is 0.356 e. The molecule has 1 saturated heterocycles. The molecule has 1 heterocycles. The predicted molar refractivity (Wildman–Crippen MR) is 90.1 cm³/mol. The summed E-state index contributed by atoms with van der Waals surface area (Å²) < 4.78 is 0. The number of halogens is 2. The molecule has 1 unspecified atom stereocenters. The minimum atomic E-state index is 0.597. The van der Waals surface area contributed by atoms with Crippen molar-refractivity contribution >= 4 is 46.2 Å². The third-order valence-corrected chi connectivity index (χ3v) is 4.39. The summed E-state index contributed by atoms with van der Waals surface area (Å²) in [6, 6.07) is 5.97. The first-order valence-electron chi connectivity index (χ1n) is 6.94. The van der Waals surface area contributed by atoms with E-state index in [0.29, 0.717) is 21.2 Å².